The fourth-order valence-electron chi connectivity index (χ4n) is 1.35. The molecule has 0 fully saturated rings. The van der Waals surface area contributed by atoms with E-state index in [2.05, 4.69) is 30.4 Å². The van der Waals surface area contributed by atoms with Crippen molar-refractivity contribution in [2.24, 2.45) is 5.10 Å². The third-order valence-corrected chi connectivity index (χ3v) is 2.35. The summed E-state index contributed by atoms with van der Waals surface area (Å²) in [6.45, 7) is -1.33. The van der Waals surface area contributed by atoms with E-state index in [0.717, 1.165) is 0 Å². The number of nitrogens with zero attached hydrogens (tertiary/aromatic N) is 3. The molecule has 9 heteroatoms. The van der Waals surface area contributed by atoms with E-state index < -0.39 is 6.61 Å². The third-order valence-electron chi connectivity index (χ3n) is 2.35. The zero-order chi connectivity index (χ0) is 15.2. The molecule has 0 aliphatic heterocycles. The van der Waals surface area contributed by atoms with Crippen LogP contribution in [-0.4, -0.2) is 28.0 Å². The van der Waals surface area contributed by atoms with Crippen molar-refractivity contribution in [3.63, 3.8) is 0 Å². The molecule has 0 bridgehead atoms. The molecule has 0 amide bonds. The second kappa shape index (κ2) is 6.55. The van der Waals surface area contributed by atoms with Gasteiger partial charge < -0.3 is 4.74 Å². The molecule has 2 aromatic rings. The maximum Gasteiger partial charge on any atom is 0.387 e. The number of rotatable bonds is 5. The summed E-state index contributed by atoms with van der Waals surface area (Å²) < 4.78 is 28.2. The Kier molecular flexibility index (Phi) is 4.54. The predicted molar refractivity (Wildman–Crippen MR) is 71.7 cm³/mol. The summed E-state index contributed by atoms with van der Waals surface area (Å²) in [4.78, 5) is 13.7. The molecule has 0 atom stereocenters. The molecule has 0 radical (unpaired) electrons. The van der Waals surface area contributed by atoms with Crippen molar-refractivity contribution in [1.29, 1.82) is 0 Å². The standard InChI is InChI=1S/C12H11F2N5O2/c1-7-10(20)16-12(19-17-7)18-15-6-8-2-4-9(5-3-8)21-11(13)14/h2-6,11H,1H3,(H2,16,18,19,20). The highest BCUT2D eigenvalue weighted by Gasteiger charge is 2.03. The van der Waals surface area contributed by atoms with Crippen LogP contribution in [0.4, 0.5) is 14.7 Å². The van der Waals surface area contributed by atoms with Gasteiger partial charge in [-0.1, -0.05) is 0 Å². The van der Waals surface area contributed by atoms with Gasteiger partial charge >= 0.3 is 6.61 Å². The van der Waals surface area contributed by atoms with Crippen LogP contribution in [0.1, 0.15) is 11.3 Å². The molecule has 7 nitrogen and oxygen atoms in total. The molecule has 110 valence electrons. The lowest BCUT2D eigenvalue weighted by molar-refractivity contribution is -0.0498. The maximum atomic E-state index is 12.0. The predicted octanol–water partition coefficient (Wildman–Crippen LogP) is 1.52. The van der Waals surface area contributed by atoms with Crippen LogP contribution in [0.15, 0.2) is 34.2 Å². The quantitative estimate of drug-likeness (QED) is 0.644. The van der Waals surface area contributed by atoms with Gasteiger partial charge in [0.05, 0.1) is 6.21 Å². The molecule has 0 saturated heterocycles. The van der Waals surface area contributed by atoms with Crippen LogP contribution < -0.4 is 15.7 Å². The Bertz CT molecular complexity index is 685. The van der Waals surface area contributed by atoms with E-state index in [1.54, 1.807) is 12.1 Å². The minimum absolute atomic E-state index is 0.0591. The number of hydrogen-bond acceptors (Lipinski definition) is 6. The molecule has 0 saturated carbocycles. The van der Waals surface area contributed by atoms with E-state index in [9.17, 15) is 13.6 Å². The number of H-pyrrole nitrogens is 1. The number of aryl methyl sites for hydroxylation is 1. The smallest absolute Gasteiger partial charge is 0.387 e. The van der Waals surface area contributed by atoms with Gasteiger partial charge in [-0.15, -0.1) is 10.2 Å². The number of benzene rings is 1. The van der Waals surface area contributed by atoms with Gasteiger partial charge in [0.15, 0.2) is 0 Å². The topological polar surface area (TPSA) is 92.3 Å². The van der Waals surface area contributed by atoms with Crippen molar-refractivity contribution < 1.29 is 13.5 Å². The Morgan fingerprint density at radius 1 is 1.33 bits per heavy atom. The number of aromatic nitrogens is 3. The highest BCUT2D eigenvalue weighted by atomic mass is 19.3. The molecular weight excluding hydrogens is 284 g/mol. The van der Waals surface area contributed by atoms with E-state index in [4.69, 9.17) is 0 Å². The lowest BCUT2D eigenvalue weighted by atomic mass is 10.2. The van der Waals surface area contributed by atoms with Crippen molar-refractivity contribution in [3.05, 3.63) is 45.9 Å². The number of halogens is 2. The zero-order valence-electron chi connectivity index (χ0n) is 10.9. The number of ether oxygens (including phenoxy) is 1. The second-order valence-corrected chi connectivity index (χ2v) is 3.91. The van der Waals surface area contributed by atoms with E-state index in [1.165, 1.54) is 25.3 Å². The van der Waals surface area contributed by atoms with Gasteiger partial charge in [0.1, 0.15) is 11.4 Å². The Morgan fingerprint density at radius 3 is 2.67 bits per heavy atom. The number of anilines is 1. The largest absolute Gasteiger partial charge is 0.435 e. The summed E-state index contributed by atoms with van der Waals surface area (Å²) in [5, 5.41) is 11.1. The molecule has 0 unspecified atom stereocenters. The molecule has 2 rings (SSSR count). The molecule has 0 aliphatic carbocycles. The van der Waals surface area contributed by atoms with Gasteiger partial charge in [-0.2, -0.15) is 13.9 Å². The van der Waals surface area contributed by atoms with Crippen LogP contribution in [0.5, 0.6) is 5.75 Å². The Balaban J connectivity index is 1.97. The Morgan fingerprint density at radius 2 is 2.05 bits per heavy atom. The average molecular weight is 295 g/mol. The van der Waals surface area contributed by atoms with Crippen molar-refractivity contribution >= 4 is 12.2 Å². The summed E-state index contributed by atoms with van der Waals surface area (Å²) in [6.07, 6.45) is 1.42. The van der Waals surface area contributed by atoms with Gasteiger partial charge in [-0.25, -0.2) is 5.43 Å². The fraction of sp³-hybridized carbons (Fsp3) is 0.167. The van der Waals surface area contributed by atoms with Crippen molar-refractivity contribution in [3.8, 4) is 5.75 Å². The van der Waals surface area contributed by atoms with E-state index in [-0.39, 0.29) is 23.0 Å². The molecule has 1 heterocycles. The summed E-state index contributed by atoms with van der Waals surface area (Å²) in [6, 6.07) is 5.88. The Labute approximate surface area is 117 Å². The summed E-state index contributed by atoms with van der Waals surface area (Å²) in [5.41, 5.74) is 3.03. The van der Waals surface area contributed by atoms with Crippen LogP contribution in [0.25, 0.3) is 0 Å². The Hall–Kier alpha value is -2.84. The van der Waals surface area contributed by atoms with Crippen LogP contribution in [0, 0.1) is 6.92 Å². The van der Waals surface area contributed by atoms with E-state index in [1.807, 2.05) is 0 Å². The van der Waals surface area contributed by atoms with E-state index >= 15 is 0 Å². The average Bonchev–Trinajstić information content (AvgIpc) is 2.44. The molecule has 21 heavy (non-hydrogen) atoms. The maximum absolute atomic E-state index is 12.0. The fourth-order valence-corrected chi connectivity index (χ4v) is 1.35. The van der Waals surface area contributed by atoms with Gasteiger partial charge in [0.2, 0.25) is 5.95 Å². The summed E-state index contributed by atoms with van der Waals surface area (Å²) in [7, 11) is 0. The first kappa shape index (κ1) is 14.6. The van der Waals surface area contributed by atoms with Gasteiger partial charge in [-0.05, 0) is 36.8 Å². The lowest BCUT2D eigenvalue weighted by Crippen LogP contribution is -2.15. The molecule has 2 N–H and O–H groups in total. The number of aromatic amines is 1. The molecular formula is C12H11F2N5O2. The number of hydrazone groups is 1. The summed E-state index contributed by atoms with van der Waals surface area (Å²) >= 11 is 0. The molecule has 0 spiro atoms. The van der Waals surface area contributed by atoms with Crippen molar-refractivity contribution in [2.75, 3.05) is 5.43 Å². The van der Waals surface area contributed by atoms with Gasteiger partial charge in [0, 0.05) is 0 Å². The van der Waals surface area contributed by atoms with Crippen molar-refractivity contribution in [2.45, 2.75) is 13.5 Å². The first-order valence-corrected chi connectivity index (χ1v) is 5.82. The minimum Gasteiger partial charge on any atom is -0.435 e. The number of nitrogens with one attached hydrogen (secondary N) is 2. The van der Waals surface area contributed by atoms with Crippen LogP contribution in [-0.2, 0) is 0 Å². The number of hydrogen-bond donors (Lipinski definition) is 2. The van der Waals surface area contributed by atoms with Crippen LogP contribution in [0.2, 0.25) is 0 Å². The highest BCUT2D eigenvalue weighted by Crippen LogP contribution is 2.13. The molecule has 0 aliphatic rings. The second-order valence-electron chi connectivity index (χ2n) is 3.91. The van der Waals surface area contributed by atoms with Gasteiger partial charge in [-0.3, -0.25) is 9.78 Å². The first-order valence-electron chi connectivity index (χ1n) is 5.82. The van der Waals surface area contributed by atoms with E-state index in [0.29, 0.717) is 5.56 Å². The molecule has 1 aromatic heterocycles. The highest BCUT2D eigenvalue weighted by molar-refractivity contribution is 5.80. The minimum atomic E-state index is -2.86. The van der Waals surface area contributed by atoms with Crippen molar-refractivity contribution in [1.82, 2.24) is 15.2 Å². The normalized spacial score (nSPS) is 11.0. The van der Waals surface area contributed by atoms with Crippen LogP contribution in [0.3, 0.4) is 0 Å². The lowest BCUT2D eigenvalue weighted by Gasteiger charge is -2.03. The SMILES string of the molecule is Cc1nnc(NN=Cc2ccc(OC(F)F)cc2)[nH]c1=O. The monoisotopic (exact) mass is 295 g/mol. The zero-order valence-corrected chi connectivity index (χ0v) is 10.9. The molecule has 1 aromatic carbocycles. The number of alkyl halides is 2. The summed E-state index contributed by atoms with van der Waals surface area (Å²) in [5.74, 6) is 0.156. The third kappa shape index (κ3) is 4.34. The van der Waals surface area contributed by atoms with Gasteiger partial charge in [0.25, 0.3) is 5.56 Å². The first-order chi connectivity index (χ1) is 10.0. The van der Waals surface area contributed by atoms with Crippen LogP contribution >= 0.6 is 0 Å².